The smallest absolute Gasteiger partial charge is 0.329 e. The highest BCUT2D eigenvalue weighted by molar-refractivity contribution is 6.35. The summed E-state index contributed by atoms with van der Waals surface area (Å²) in [6, 6.07) is 8.48. The Labute approximate surface area is 188 Å². The van der Waals surface area contributed by atoms with Gasteiger partial charge in [0.2, 0.25) is 0 Å². The lowest BCUT2D eigenvalue weighted by Crippen LogP contribution is -2.41. The third-order valence-corrected chi connectivity index (χ3v) is 4.03. The fourth-order valence-electron chi connectivity index (χ4n) is 2.38. The predicted molar refractivity (Wildman–Crippen MR) is 118 cm³/mol. The molecular weight excluding hydrogens is 443 g/mol. The maximum atomic E-state index is 13.6. The number of nitrogens with zero attached hydrogens (tertiary/aromatic N) is 1. The molecule has 0 spiro atoms. The summed E-state index contributed by atoms with van der Waals surface area (Å²) in [5.74, 6) is -2.62. The van der Waals surface area contributed by atoms with Crippen LogP contribution in [-0.4, -0.2) is 43.7 Å². The van der Waals surface area contributed by atoms with Crippen LogP contribution < -0.4 is 25.5 Å². The largest absolute Gasteiger partial charge is 0.493 e. The number of hydrazone groups is 1. The summed E-state index contributed by atoms with van der Waals surface area (Å²) in [4.78, 5) is 35.3. The van der Waals surface area contributed by atoms with Crippen molar-refractivity contribution < 1.29 is 28.2 Å². The molecule has 0 aliphatic carbocycles. The molecule has 0 bridgehead atoms. The van der Waals surface area contributed by atoms with E-state index in [9.17, 15) is 18.8 Å². The van der Waals surface area contributed by atoms with E-state index >= 15 is 0 Å². The van der Waals surface area contributed by atoms with Crippen molar-refractivity contribution in [2.24, 2.45) is 5.10 Å². The van der Waals surface area contributed by atoms with Gasteiger partial charge in [-0.25, -0.2) is 9.82 Å². The molecule has 0 aromatic heterocycles. The molecule has 170 valence electrons. The normalized spacial score (nSPS) is 10.7. The van der Waals surface area contributed by atoms with Gasteiger partial charge in [-0.15, -0.1) is 0 Å². The minimum Gasteiger partial charge on any atom is -0.493 e. The second kappa shape index (κ2) is 11.7. The van der Waals surface area contributed by atoms with Gasteiger partial charge in [0, 0.05) is 6.04 Å². The van der Waals surface area contributed by atoms with E-state index in [1.54, 1.807) is 19.9 Å². The second-order valence-electron chi connectivity index (χ2n) is 6.68. The highest BCUT2D eigenvalue weighted by Gasteiger charge is 2.15. The number of hydrogen-bond acceptors (Lipinski definition) is 6. The van der Waals surface area contributed by atoms with Gasteiger partial charge in [0.1, 0.15) is 5.82 Å². The molecule has 2 aromatic rings. The molecule has 0 heterocycles. The number of nitrogens with one attached hydrogen (secondary N) is 3. The fourth-order valence-corrected chi connectivity index (χ4v) is 2.66. The van der Waals surface area contributed by atoms with Crippen LogP contribution in [0, 0.1) is 5.82 Å². The predicted octanol–water partition coefficient (Wildman–Crippen LogP) is 2.48. The first kappa shape index (κ1) is 24.6. The Kier molecular flexibility index (Phi) is 8.96. The molecule has 0 atom stereocenters. The highest BCUT2D eigenvalue weighted by atomic mass is 35.5. The Bertz CT molecular complexity index is 1030. The monoisotopic (exact) mass is 464 g/mol. The lowest BCUT2D eigenvalue weighted by molar-refractivity contribution is -0.139. The van der Waals surface area contributed by atoms with Gasteiger partial charge in [0.15, 0.2) is 18.1 Å². The van der Waals surface area contributed by atoms with E-state index in [1.165, 1.54) is 43.7 Å². The summed E-state index contributed by atoms with van der Waals surface area (Å²) < 4.78 is 24.3. The van der Waals surface area contributed by atoms with Crippen molar-refractivity contribution in [2.75, 3.05) is 19.0 Å². The summed E-state index contributed by atoms with van der Waals surface area (Å²) in [5, 5.41) is 8.63. The fraction of sp³-hybridized carbons (Fsp3) is 0.238. The molecule has 0 aliphatic heterocycles. The zero-order chi connectivity index (χ0) is 23.7. The van der Waals surface area contributed by atoms with Crippen LogP contribution in [0.25, 0.3) is 0 Å². The van der Waals surface area contributed by atoms with Gasteiger partial charge < -0.3 is 20.1 Å². The lowest BCUT2D eigenvalue weighted by Gasteiger charge is -2.13. The number of hydrogen-bond donors (Lipinski definition) is 3. The number of rotatable bonds is 8. The van der Waals surface area contributed by atoms with Crippen LogP contribution in [0.15, 0.2) is 41.5 Å². The van der Waals surface area contributed by atoms with E-state index in [4.69, 9.17) is 21.1 Å². The molecule has 2 rings (SSSR count). The first-order chi connectivity index (χ1) is 15.2. The summed E-state index contributed by atoms with van der Waals surface area (Å²) in [6.07, 6.45) is 1.25. The van der Waals surface area contributed by atoms with E-state index in [2.05, 4.69) is 21.2 Å². The third kappa shape index (κ3) is 7.24. The number of halogens is 2. The van der Waals surface area contributed by atoms with Crippen LogP contribution in [0.4, 0.5) is 10.1 Å². The molecule has 0 unspecified atom stereocenters. The molecule has 11 heteroatoms. The average molecular weight is 465 g/mol. The van der Waals surface area contributed by atoms with Crippen molar-refractivity contribution in [3.05, 3.63) is 52.8 Å². The molecule has 3 amide bonds. The van der Waals surface area contributed by atoms with Crippen molar-refractivity contribution in [1.82, 2.24) is 10.7 Å². The third-order valence-electron chi connectivity index (χ3n) is 3.75. The van der Waals surface area contributed by atoms with Crippen molar-refractivity contribution >= 4 is 41.2 Å². The number of carbonyl (C=O) groups excluding carboxylic acids is 3. The molecule has 0 fully saturated rings. The van der Waals surface area contributed by atoms with Gasteiger partial charge in [-0.1, -0.05) is 23.7 Å². The zero-order valence-corrected chi connectivity index (χ0v) is 18.3. The molecule has 0 saturated heterocycles. The van der Waals surface area contributed by atoms with Gasteiger partial charge in [-0.2, -0.15) is 5.10 Å². The van der Waals surface area contributed by atoms with Crippen LogP contribution in [0.3, 0.4) is 0 Å². The van der Waals surface area contributed by atoms with Crippen molar-refractivity contribution in [1.29, 1.82) is 0 Å². The van der Waals surface area contributed by atoms with E-state index in [1.807, 2.05) is 0 Å². The first-order valence-electron chi connectivity index (χ1n) is 9.39. The molecule has 9 nitrogen and oxygen atoms in total. The van der Waals surface area contributed by atoms with Crippen LogP contribution >= 0.6 is 11.6 Å². The number of para-hydroxylation sites is 1. The number of ether oxygens (including phenoxy) is 2. The van der Waals surface area contributed by atoms with Crippen molar-refractivity contribution in [2.45, 2.75) is 19.9 Å². The standard InChI is InChI=1S/C21H22ClFN4O5/c1-12(2)25-20(29)21(30)27-24-10-13-8-14(22)19(17(9-13)31-3)32-11-18(28)26-16-7-5-4-6-15(16)23/h4-10,12H,11H2,1-3H3,(H,25,29)(H,26,28)(H,27,30)/b24-10-. The van der Waals surface area contributed by atoms with Gasteiger partial charge in [-0.3, -0.25) is 14.4 Å². The van der Waals surface area contributed by atoms with Crippen molar-refractivity contribution in [3.8, 4) is 11.5 Å². The van der Waals surface area contributed by atoms with Gasteiger partial charge in [-0.05, 0) is 43.7 Å². The summed E-state index contributed by atoms with van der Waals surface area (Å²) in [5.41, 5.74) is 2.55. The lowest BCUT2D eigenvalue weighted by atomic mass is 10.2. The number of amides is 3. The zero-order valence-electron chi connectivity index (χ0n) is 17.6. The van der Waals surface area contributed by atoms with E-state index < -0.39 is 30.1 Å². The summed E-state index contributed by atoms with van der Waals surface area (Å²) in [6.45, 7) is 2.99. The first-order valence-corrected chi connectivity index (χ1v) is 9.77. The van der Waals surface area contributed by atoms with E-state index in [0.29, 0.717) is 5.56 Å². The van der Waals surface area contributed by atoms with Crippen LogP contribution in [0.5, 0.6) is 11.5 Å². The van der Waals surface area contributed by atoms with Crippen LogP contribution in [-0.2, 0) is 14.4 Å². The maximum absolute atomic E-state index is 13.6. The Morgan fingerprint density at radius 1 is 1.19 bits per heavy atom. The summed E-state index contributed by atoms with van der Waals surface area (Å²) >= 11 is 6.22. The maximum Gasteiger partial charge on any atom is 0.329 e. The number of anilines is 1. The van der Waals surface area contributed by atoms with Crippen LogP contribution in [0.2, 0.25) is 5.02 Å². The quantitative estimate of drug-likeness (QED) is 0.315. The Hall–Kier alpha value is -3.66. The Morgan fingerprint density at radius 2 is 1.91 bits per heavy atom. The molecule has 0 aliphatic rings. The van der Waals surface area contributed by atoms with E-state index in [-0.39, 0.29) is 28.3 Å². The van der Waals surface area contributed by atoms with Crippen LogP contribution in [0.1, 0.15) is 19.4 Å². The molecule has 32 heavy (non-hydrogen) atoms. The topological polar surface area (TPSA) is 118 Å². The minimum atomic E-state index is -0.922. The molecular formula is C21H22ClFN4O5. The minimum absolute atomic E-state index is 0.0230. The van der Waals surface area contributed by atoms with Crippen molar-refractivity contribution in [3.63, 3.8) is 0 Å². The van der Waals surface area contributed by atoms with Gasteiger partial charge in [0.05, 0.1) is 24.0 Å². The molecule has 0 saturated carbocycles. The number of methoxy groups -OCH3 is 1. The Morgan fingerprint density at radius 3 is 2.56 bits per heavy atom. The second-order valence-corrected chi connectivity index (χ2v) is 7.09. The van der Waals surface area contributed by atoms with Gasteiger partial charge in [0.25, 0.3) is 5.91 Å². The molecule has 2 aromatic carbocycles. The van der Waals surface area contributed by atoms with E-state index in [0.717, 1.165) is 0 Å². The average Bonchev–Trinajstić information content (AvgIpc) is 2.73. The van der Waals surface area contributed by atoms with Gasteiger partial charge >= 0.3 is 11.8 Å². The summed E-state index contributed by atoms with van der Waals surface area (Å²) in [7, 11) is 1.37. The number of carbonyl (C=O) groups is 3. The Balaban J connectivity index is 2.02. The SMILES string of the molecule is COc1cc(/C=N\NC(=O)C(=O)NC(C)C)cc(Cl)c1OCC(=O)Nc1ccccc1F. The number of benzene rings is 2. The molecule has 3 N–H and O–H groups in total. The highest BCUT2D eigenvalue weighted by Crippen LogP contribution is 2.36. The molecule has 0 radical (unpaired) electrons.